The zero-order chi connectivity index (χ0) is 21.5. The molecule has 4 rings (SSSR count). The summed E-state index contributed by atoms with van der Waals surface area (Å²) in [6, 6.07) is 10.7. The van der Waals surface area contributed by atoms with Crippen LogP contribution in [0.25, 0.3) is 6.08 Å². The minimum absolute atomic E-state index is 0.0538. The Morgan fingerprint density at radius 1 is 1.17 bits per heavy atom. The predicted molar refractivity (Wildman–Crippen MR) is 105 cm³/mol. The number of non-ortho nitro benzene ring substituents is 1. The number of nitrogens with zero attached hydrogens (tertiary/aromatic N) is 4. The van der Waals surface area contributed by atoms with Crippen molar-refractivity contribution in [2.24, 2.45) is 4.99 Å². The molecule has 0 N–H and O–H groups in total. The number of hydrogen-bond donors (Lipinski definition) is 0. The molecule has 154 valence electrons. The van der Waals surface area contributed by atoms with Gasteiger partial charge >= 0.3 is 6.18 Å². The quantitative estimate of drug-likeness (QED) is 0.469. The first kappa shape index (κ1) is 19.8. The summed E-state index contributed by atoms with van der Waals surface area (Å²) >= 11 is 1.13. The van der Waals surface area contributed by atoms with Gasteiger partial charge < -0.3 is 4.90 Å². The molecule has 1 aliphatic rings. The maximum absolute atomic E-state index is 13.0. The van der Waals surface area contributed by atoms with Crippen molar-refractivity contribution in [2.75, 3.05) is 11.6 Å². The van der Waals surface area contributed by atoms with E-state index in [1.807, 2.05) is 0 Å². The van der Waals surface area contributed by atoms with E-state index in [9.17, 15) is 28.1 Å². The Hall–Kier alpha value is -3.47. The lowest BCUT2D eigenvalue weighted by Gasteiger charge is -2.26. The van der Waals surface area contributed by atoms with Gasteiger partial charge in [0, 0.05) is 17.8 Å². The van der Waals surface area contributed by atoms with E-state index in [-0.39, 0.29) is 24.6 Å². The van der Waals surface area contributed by atoms with Crippen molar-refractivity contribution in [3.05, 3.63) is 89.5 Å². The third-order valence-corrected chi connectivity index (χ3v) is 5.54. The molecule has 0 saturated carbocycles. The fourth-order valence-corrected chi connectivity index (χ4v) is 4.00. The van der Waals surface area contributed by atoms with Crippen molar-refractivity contribution in [2.45, 2.75) is 12.8 Å². The molecule has 7 nitrogen and oxygen atoms in total. The molecule has 2 aromatic carbocycles. The van der Waals surface area contributed by atoms with Crippen LogP contribution in [-0.4, -0.2) is 16.2 Å². The van der Waals surface area contributed by atoms with Crippen LogP contribution in [0.4, 0.5) is 24.5 Å². The molecular formula is C19H13F3N4O3S. The largest absolute Gasteiger partial charge is 0.416 e. The lowest BCUT2D eigenvalue weighted by molar-refractivity contribution is -0.384. The third-order valence-electron chi connectivity index (χ3n) is 4.49. The molecule has 0 saturated heterocycles. The molecule has 0 atom stereocenters. The molecule has 0 unspecified atom stereocenters. The van der Waals surface area contributed by atoms with Gasteiger partial charge in [0.05, 0.1) is 15.0 Å². The van der Waals surface area contributed by atoms with Crippen LogP contribution in [0.1, 0.15) is 11.1 Å². The lowest BCUT2D eigenvalue weighted by Crippen LogP contribution is -2.42. The number of fused-ring (bicyclic) bond motifs is 1. The van der Waals surface area contributed by atoms with Gasteiger partial charge in [0.1, 0.15) is 13.3 Å². The highest BCUT2D eigenvalue weighted by atomic mass is 32.1. The number of hydrogen-bond acceptors (Lipinski definition) is 6. The third kappa shape index (κ3) is 3.83. The van der Waals surface area contributed by atoms with E-state index in [0.717, 1.165) is 23.5 Å². The first-order chi connectivity index (χ1) is 14.2. The number of benzene rings is 2. The highest BCUT2D eigenvalue weighted by Crippen LogP contribution is 2.31. The number of rotatable bonds is 3. The van der Waals surface area contributed by atoms with E-state index in [4.69, 9.17) is 0 Å². The van der Waals surface area contributed by atoms with Crippen molar-refractivity contribution in [1.29, 1.82) is 0 Å². The molecule has 2 heterocycles. The van der Waals surface area contributed by atoms with Crippen LogP contribution in [0.3, 0.4) is 0 Å². The molecule has 1 aliphatic heterocycles. The Bertz CT molecular complexity index is 1310. The molecule has 0 amide bonds. The van der Waals surface area contributed by atoms with Crippen LogP contribution in [0, 0.1) is 10.1 Å². The molecule has 1 aromatic heterocycles. The van der Waals surface area contributed by atoms with Crippen LogP contribution in [0.15, 0.2) is 58.3 Å². The number of aromatic nitrogens is 1. The SMILES string of the molecule is O=c1/c(=C/c2cccc([N+](=O)[O-])c2)sc2n1CN(c1cccc(C(F)(F)F)c1)CN=2. The van der Waals surface area contributed by atoms with E-state index in [0.29, 0.717) is 20.6 Å². The maximum atomic E-state index is 13.0. The Morgan fingerprint density at radius 3 is 2.67 bits per heavy atom. The Balaban J connectivity index is 1.68. The number of thiazole rings is 1. The van der Waals surface area contributed by atoms with Crippen molar-refractivity contribution in [1.82, 2.24) is 4.57 Å². The van der Waals surface area contributed by atoms with Gasteiger partial charge in [-0.1, -0.05) is 29.5 Å². The Morgan fingerprint density at radius 2 is 1.93 bits per heavy atom. The van der Waals surface area contributed by atoms with Crippen molar-refractivity contribution in [3.8, 4) is 0 Å². The zero-order valence-electron chi connectivity index (χ0n) is 15.2. The average Bonchev–Trinajstić information content (AvgIpc) is 3.02. The second-order valence-corrected chi connectivity index (χ2v) is 7.52. The van der Waals surface area contributed by atoms with Gasteiger partial charge in [-0.15, -0.1) is 0 Å². The van der Waals surface area contributed by atoms with Crippen molar-refractivity contribution < 1.29 is 18.1 Å². The summed E-state index contributed by atoms with van der Waals surface area (Å²) in [6.07, 6.45) is -2.93. The van der Waals surface area contributed by atoms with Gasteiger partial charge in [-0.2, -0.15) is 13.2 Å². The molecular weight excluding hydrogens is 421 g/mol. The van der Waals surface area contributed by atoms with Gasteiger partial charge in [-0.3, -0.25) is 19.5 Å². The van der Waals surface area contributed by atoms with E-state index >= 15 is 0 Å². The predicted octanol–water partition coefficient (Wildman–Crippen LogP) is 2.72. The van der Waals surface area contributed by atoms with Crippen LogP contribution in [-0.2, 0) is 12.8 Å². The molecule has 0 bridgehead atoms. The van der Waals surface area contributed by atoms with Crippen molar-refractivity contribution in [3.63, 3.8) is 0 Å². The average molecular weight is 434 g/mol. The van der Waals surface area contributed by atoms with Gasteiger partial charge in [0.15, 0.2) is 4.80 Å². The standard InChI is InChI=1S/C19H13F3N4O3S/c20-19(21,22)13-4-2-5-14(9-13)24-10-23-18-25(11-24)17(27)16(30-18)8-12-3-1-6-15(7-12)26(28)29/h1-9H,10-11H2/b16-8-. The van der Waals surface area contributed by atoms with Crippen molar-refractivity contribution >= 4 is 28.8 Å². The van der Waals surface area contributed by atoms with Gasteiger partial charge in [-0.25, -0.2) is 4.99 Å². The summed E-state index contributed by atoms with van der Waals surface area (Å²) in [5.41, 5.74) is -0.424. The molecule has 30 heavy (non-hydrogen) atoms. The van der Waals surface area contributed by atoms with Gasteiger partial charge in [0.2, 0.25) is 0 Å². The fraction of sp³-hybridized carbons (Fsp3) is 0.158. The van der Waals surface area contributed by atoms with E-state index in [1.165, 1.54) is 41.0 Å². The lowest BCUT2D eigenvalue weighted by atomic mass is 10.2. The molecule has 0 fully saturated rings. The second-order valence-electron chi connectivity index (χ2n) is 6.51. The van der Waals surface area contributed by atoms with E-state index in [2.05, 4.69) is 4.99 Å². The minimum Gasteiger partial charge on any atom is -0.334 e. The van der Waals surface area contributed by atoms with Crippen LogP contribution in [0.2, 0.25) is 0 Å². The molecule has 0 spiro atoms. The number of halogens is 3. The summed E-state index contributed by atoms with van der Waals surface area (Å²) in [4.78, 5) is 29.5. The normalized spacial score (nSPS) is 14.4. The van der Waals surface area contributed by atoms with Crippen LogP contribution in [0.5, 0.6) is 0 Å². The summed E-state index contributed by atoms with van der Waals surface area (Å²) in [6.45, 7) is 0.162. The second kappa shape index (κ2) is 7.41. The number of nitro benzene ring substituents is 1. The van der Waals surface area contributed by atoms with E-state index < -0.39 is 16.7 Å². The number of anilines is 1. The summed E-state index contributed by atoms with van der Waals surface area (Å²) in [5, 5.41) is 10.9. The zero-order valence-corrected chi connectivity index (χ0v) is 16.0. The monoisotopic (exact) mass is 434 g/mol. The smallest absolute Gasteiger partial charge is 0.334 e. The summed E-state index contributed by atoms with van der Waals surface area (Å²) in [5.74, 6) is 0. The molecule has 11 heteroatoms. The molecule has 3 aromatic rings. The van der Waals surface area contributed by atoms with Crippen LogP contribution < -0.4 is 19.8 Å². The minimum atomic E-state index is -4.46. The highest BCUT2D eigenvalue weighted by molar-refractivity contribution is 7.07. The molecule has 0 aliphatic carbocycles. The van der Waals surface area contributed by atoms with Crippen LogP contribution >= 0.6 is 11.3 Å². The van der Waals surface area contributed by atoms with E-state index in [1.54, 1.807) is 11.0 Å². The first-order valence-corrected chi connectivity index (χ1v) is 9.46. The highest BCUT2D eigenvalue weighted by Gasteiger charge is 2.31. The molecule has 0 radical (unpaired) electrons. The fourth-order valence-electron chi connectivity index (χ4n) is 3.03. The number of nitro groups is 1. The topological polar surface area (TPSA) is 80.7 Å². The summed E-state index contributed by atoms with van der Waals surface area (Å²) < 4.78 is 40.7. The first-order valence-electron chi connectivity index (χ1n) is 8.65. The summed E-state index contributed by atoms with van der Waals surface area (Å²) in [7, 11) is 0. The maximum Gasteiger partial charge on any atom is 0.416 e. The Kier molecular flexibility index (Phi) is 4.90. The van der Waals surface area contributed by atoms with Gasteiger partial charge in [0.25, 0.3) is 11.2 Å². The Labute approximate surface area is 170 Å². The number of alkyl halides is 3. The van der Waals surface area contributed by atoms with Gasteiger partial charge in [-0.05, 0) is 29.8 Å².